The highest BCUT2D eigenvalue weighted by Gasteiger charge is 2.20. The van der Waals surface area contributed by atoms with Crippen LogP contribution in [0.1, 0.15) is 27.0 Å². The molecule has 5 nitrogen and oxygen atoms in total. The van der Waals surface area contributed by atoms with Gasteiger partial charge in [-0.3, -0.25) is 4.79 Å². The standard InChI is InChI=1S/C15H20N4OS/c1-10-13(21-15(16)17-10)14(20)18-12(9-19(2)3)11-7-5-4-6-8-11/h4-8,12H,9H2,1-3H3,(H2,16,17)(H,18,20). The fraction of sp³-hybridized carbons (Fsp3) is 0.333. The Kier molecular flexibility index (Phi) is 4.93. The number of anilines is 1. The van der Waals surface area contributed by atoms with Crippen molar-refractivity contribution < 1.29 is 4.79 Å². The number of hydrogen-bond acceptors (Lipinski definition) is 5. The van der Waals surface area contributed by atoms with Crippen molar-refractivity contribution in [1.29, 1.82) is 0 Å². The summed E-state index contributed by atoms with van der Waals surface area (Å²) in [4.78, 5) is 19.2. The highest BCUT2D eigenvalue weighted by molar-refractivity contribution is 7.17. The Morgan fingerprint density at radius 3 is 2.57 bits per heavy atom. The Balaban J connectivity index is 2.19. The van der Waals surface area contributed by atoms with E-state index in [1.165, 1.54) is 11.3 Å². The van der Waals surface area contributed by atoms with E-state index >= 15 is 0 Å². The zero-order chi connectivity index (χ0) is 15.4. The van der Waals surface area contributed by atoms with Crippen LogP contribution in [0.3, 0.4) is 0 Å². The molecule has 0 saturated heterocycles. The number of carbonyl (C=O) groups is 1. The van der Waals surface area contributed by atoms with E-state index in [1.807, 2.05) is 49.3 Å². The molecule has 2 rings (SSSR count). The first-order chi connectivity index (χ1) is 9.97. The zero-order valence-electron chi connectivity index (χ0n) is 12.5. The summed E-state index contributed by atoms with van der Waals surface area (Å²) in [6, 6.07) is 9.87. The van der Waals surface area contributed by atoms with Crippen molar-refractivity contribution in [3.8, 4) is 0 Å². The number of aryl methyl sites for hydroxylation is 1. The molecule has 3 N–H and O–H groups in total. The SMILES string of the molecule is Cc1nc(N)sc1C(=O)NC(CN(C)C)c1ccccc1. The van der Waals surface area contributed by atoms with Gasteiger partial charge in [-0.1, -0.05) is 41.7 Å². The van der Waals surface area contributed by atoms with E-state index in [-0.39, 0.29) is 11.9 Å². The van der Waals surface area contributed by atoms with Gasteiger partial charge in [-0.25, -0.2) is 4.98 Å². The Bertz CT molecular complexity index is 609. The topological polar surface area (TPSA) is 71.2 Å². The second-order valence-corrected chi connectivity index (χ2v) is 6.20. The molecule has 112 valence electrons. The van der Waals surface area contributed by atoms with E-state index in [1.54, 1.807) is 6.92 Å². The Hall–Kier alpha value is -1.92. The number of carbonyl (C=O) groups excluding carboxylic acids is 1. The molecular weight excluding hydrogens is 284 g/mol. The molecule has 2 aromatic rings. The predicted molar refractivity (Wildman–Crippen MR) is 86.5 cm³/mol. The van der Waals surface area contributed by atoms with Crippen LogP contribution < -0.4 is 11.1 Å². The third-order valence-electron chi connectivity index (χ3n) is 3.07. The first-order valence-corrected chi connectivity index (χ1v) is 7.52. The number of hydrogen-bond donors (Lipinski definition) is 2. The van der Waals surface area contributed by atoms with Crippen LogP contribution >= 0.6 is 11.3 Å². The van der Waals surface area contributed by atoms with Gasteiger partial charge in [0.2, 0.25) is 0 Å². The Morgan fingerprint density at radius 2 is 2.05 bits per heavy atom. The fourth-order valence-electron chi connectivity index (χ4n) is 2.14. The number of benzene rings is 1. The summed E-state index contributed by atoms with van der Waals surface area (Å²) in [6.45, 7) is 2.52. The lowest BCUT2D eigenvalue weighted by molar-refractivity contribution is 0.0933. The van der Waals surface area contributed by atoms with Gasteiger partial charge >= 0.3 is 0 Å². The molecule has 1 amide bonds. The normalized spacial score (nSPS) is 12.4. The lowest BCUT2D eigenvalue weighted by Crippen LogP contribution is -2.35. The molecule has 1 heterocycles. The Morgan fingerprint density at radius 1 is 1.38 bits per heavy atom. The van der Waals surface area contributed by atoms with Crippen molar-refractivity contribution in [1.82, 2.24) is 15.2 Å². The van der Waals surface area contributed by atoms with Gasteiger partial charge < -0.3 is 16.0 Å². The lowest BCUT2D eigenvalue weighted by atomic mass is 10.1. The number of rotatable bonds is 5. The lowest BCUT2D eigenvalue weighted by Gasteiger charge is -2.22. The summed E-state index contributed by atoms with van der Waals surface area (Å²) in [5.41, 5.74) is 7.41. The van der Waals surface area contributed by atoms with Crippen LogP contribution in [0.15, 0.2) is 30.3 Å². The number of nitrogens with one attached hydrogen (secondary N) is 1. The summed E-state index contributed by atoms with van der Waals surface area (Å²) in [5, 5.41) is 3.49. The number of amides is 1. The van der Waals surface area contributed by atoms with Crippen LogP contribution in [-0.4, -0.2) is 36.4 Å². The van der Waals surface area contributed by atoms with E-state index < -0.39 is 0 Å². The zero-order valence-corrected chi connectivity index (χ0v) is 13.3. The van der Waals surface area contributed by atoms with Crippen molar-refractivity contribution in [2.24, 2.45) is 0 Å². The maximum absolute atomic E-state index is 12.4. The largest absolute Gasteiger partial charge is 0.375 e. The minimum atomic E-state index is -0.127. The number of thiazole rings is 1. The third-order valence-corrected chi connectivity index (χ3v) is 4.06. The molecule has 0 fully saturated rings. The van der Waals surface area contributed by atoms with Crippen molar-refractivity contribution in [2.75, 3.05) is 26.4 Å². The van der Waals surface area contributed by atoms with E-state index in [2.05, 4.69) is 10.3 Å². The first-order valence-electron chi connectivity index (χ1n) is 6.71. The highest BCUT2D eigenvalue weighted by atomic mass is 32.1. The summed E-state index contributed by atoms with van der Waals surface area (Å²) < 4.78 is 0. The summed E-state index contributed by atoms with van der Waals surface area (Å²) in [5.74, 6) is -0.127. The predicted octanol–water partition coefficient (Wildman–Crippen LogP) is 2.07. The molecule has 6 heteroatoms. The molecule has 1 atom stereocenters. The number of aromatic nitrogens is 1. The van der Waals surface area contributed by atoms with E-state index in [0.717, 1.165) is 12.1 Å². The van der Waals surface area contributed by atoms with Gasteiger partial charge in [-0.05, 0) is 26.6 Å². The second kappa shape index (κ2) is 6.69. The molecule has 1 unspecified atom stereocenters. The summed E-state index contributed by atoms with van der Waals surface area (Å²) in [6.07, 6.45) is 0. The molecule has 0 radical (unpaired) electrons. The molecule has 0 bridgehead atoms. The Labute approximate surface area is 128 Å². The van der Waals surface area contributed by atoms with E-state index in [0.29, 0.717) is 15.7 Å². The molecule has 0 spiro atoms. The van der Waals surface area contributed by atoms with Crippen molar-refractivity contribution in [2.45, 2.75) is 13.0 Å². The van der Waals surface area contributed by atoms with Crippen molar-refractivity contribution in [3.63, 3.8) is 0 Å². The monoisotopic (exact) mass is 304 g/mol. The number of nitrogen functional groups attached to an aromatic ring is 1. The van der Waals surface area contributed by atoms with Gasteiger partial charge in [0.25, 0.3) is 5.91 Å². The number of nitrogens with zero attached hydrogens (tertiary/aromatic N) is 2. The molecule has 0 saturated carbocycles. The molecule has 0 aliphatic carbocycles. The molecule has 21 heavy (non-hydrogen) atoms. The molecule has 0 aliphatic rings. The van der Waals surface area contributed by atoms with Crippen LogP contribution in [0, 0.1) is 6.92 Å². The second-order valence-electron chi connectivity index (χ2n) is 5.17. The van der Waals surface area contributed by atoms with Crippen LogP contribution in [0.2, 0.25) is 0 Å². The van der Waals surface area contributed by atoms with Gasteiger partial charge in [0.1, 0.15) is 4.88 Å². The van der Waals surface area contributed by atoms with Crippen LogP contribution in [-0.2, 0) is 0 Å². The molecule has 0 aliphatic heterocycles. The van der Waals surface area contributed by atoms with Gasteiger partial charge in [-0.15, -0.1) is 0 Å². The first kappa shape index (κ1) is 15.5. The maximum atomic E-state index is 12.4. The third kappa shape index (κ3) is 4.03. The smallest absolute Gasteiger partial charge is 0.263 e. The fourth-order valence-corrected chi connectivity index (χ4v) is 2.87. The van der Waals surface area contributed by atoms with E-state index in [4.69, 9.17) is 5.73 Å². The quantitative estimate of drug-likeness (QED) is 0.887. The van der Waals surface area contributed by atoms with Crippen LogP contribution in [0.25, 0.3) is 0 Å². The van der Waals surface area contributed by atoms with Crippen LogP contribution in [0.5, 0.6) is 0 Å². The molecular formula is C15H20N4OS. The number of likely N-dealkylation sites (N-methyl/N-ethyl adjacent to an activating group) is 1. The average Bonchev–Trinajstić information content (AvgIpc) is 2.77. The molecule has 1 aromatic carbocycles. The molecule has 1 aromatic heterocycles. The average molecular weight is 304 g/mol. The van der Waals surface area contributed by atoms with Gasteiger partial charge in [-0.2, -0.15) is 0 Å². The van der Waals surface area contributed by atoms with Gasteiger partial charge in [0.05, 0.1) is 11.7 Å². The summed E-state index contributed by atoms with van der Waals surface area (Å²) >= 11 is 1.22. The van der Waals surface area contributed by atoms with Crippen LogP contribution in [0.4, 0.5) is 5.13 Å². The number of nitrogens with two attached hydrogens (primary N) is 1. The van der Waals surface area contributed by atoms with Gasteiger partial charge in [0.15, 0.2) is 5.13 Å². The highest BCUT2D eigenvalue weighted by Crippen LogP contribution is 2.21. The summed E-state index contributed by atoms with van der Waals surface area (Å²) in [7, 11) is 3.97. The van der Waals surface area contributed by atoms with E-state index in [9.17, 15) is 4.79 Å². The maximum Gasteiger partial charge on any atom is 0.263 e. The van der Waals surface area contributed by atoms with Crippen molar-refractivity contribution >= 4 is 22.4 Å². The minimum absolute atomic E-state index is 0.0728. The minimum Gasteiger partial charge on any atom is -0.375 e. The van der Waals surface area contributed by atoms with Gasteiger partial charge in [0, 0.05) is 6.54 Å². The van der Waals surface area contributed by atoms with Crippen molar-refractivity contribution in [3.05, 3.63) is 46.5 Å².